The summed E-state index contributed by atoms with van der Waals surface area (Å²) in [6.07, 6.45) is 0. The van der Waals surface area contributed by atoms with E-state index in [1.165, 1.54) is 7.11 Å². The van der Waals surface area contributed by atoms with Gasteiger partial charge in [0, 0.05) is 5.56 Å². The maximum absolute atomic E-state index is 12.0. The van der Waals surface area contributed by atoms with E-state index >= 15 is 0 Å². The average molecular weight is 430 g/mol. The minimum absolute atomic E-state index is 0.0254. The van der Waals surface area contributed by atoms with Crippen molar-refractivity contribution in [3.05, 3.63) is 75.6 Å². The summed E-state index contributed by atoms with van der Waals surface area (Å²) in [5, 5.41) is 18.7. The number of nitrogens with two attached hydrogens (primary N) is 1. The molecule has 0 radical (unpaired) electrons. The number of hydrogen-bond acceptors (Lipinski definition) is 8. The Hall–Kier alpha value is -4.76. The van der Waals surface area contributed by atoms with Gasteiger partial charge in [0.2, 0.25) is 0 Å². The summed E-state index contributed by atoms with van der Waals surface area (Å²) in [6.45, 7) is 0.459. The third kappa shape index (κ3) is 4.69. The van der Waals surface area contributed by atoms with Crippen molar-refractivity contribution in [1.29, 1.82) is 10.5 Å². The highest BCUT2D eigenvalue weighted by Crippen LogP contribution is 2.29. The van der Waals surface area contributed by atoms with Crippen LogP contribution in [0.15, 0.2) is 53.3 Å². The van der Waals surface area contributed by atoms with E-state index in [-0.39, 0.29) is 35.7 Å². The van der Waals surface area contributed by atoms with Gasteiger partial charge in [0.1, 0.15) is 53.8 Å². The Balaban J connectivity index is 1.67. The zero-order valence-electron chi connectivity index (χ0n) is 17.0. The van der Waals surface area contributed by atoms with Gasteiger partial charge in [-0.1, -0.05) is 18.2 Å². The Labute approximate surface area is 183 Å². The molecule has 0 aliphatic carbocycles. The lowest BCUT2D eigenvalue weighted by Gasteiger charge is -2.11. The number of anilines is 1. The zero-order chi connectivity index (χ0) is 23.1. The molecule has 1 aromatic heterocycles. The molecule has 3 aromatic rings. The second-order valence-corrected chi connectivity index (χ2v) is 6.46. The van der Waals surface area contributed by atoms with Gasteiger partial charge < -0.3 is 24.9 Å². The molecule has 3 N–H and O–H groups in total. The van der Waals surface area contributed by atoms with Crippen LogP contribution >= 0.6 is 0 Å². The van der Waals surface area contributed by atoms with Gasteiger partial charge in [-0.3, -0.25) is 4.79 Å². The van der Waals surface area contributed by atoms with Gasteiger partial charge in [-0.05, 0) is 35.9 Å². The van der Waals surface area contributed by atoms with Crippen LogP contribution < -0.4 is 20.8 Å². The number of aromatic nitrogens is 1. The molecule has 0 saturated heterocycles. The van der Waals surface area contributed by atoms with Crippen LogP contribution in [-0.4, -0.2) is 31.3 Å². The smallest absolute Gasteiger partial charge is 0.337 e. The van der Waals surface area contributed by atoms with E-state index in [1.54, 1.807) is 48.5 Å². The molecule has 0 saturated carbocycles. The van der Waals surface area contributed by atoms with Crippen LogP contribution in [0.2, 0.25) is 0 Å². The fourth-order valence-electron chi connectivity index (χ4n) is 3.00. The molecule has 0 atom stereocenters. The van der Waals surface area contributed by atoms with Gasteiger partial charge in [0.25, 0.3) is 5.56 Å². The Morgan fingerprint density at radius 3 is 2.28 bits per heavy atom. The molecule has 2 aromatic carbocycles. The molecular weight excluding hydrogens is 412 g/mol. The van der Waals surface area contributed by atoms with E-state index in [1.807, 2.05) is 12.1 Å². The monoisotopic (exact) mass is 430 g/mol. The van der Waals surface area contributed by atoms with Crippen LogP contribution in [0.25, 0.3) is 11.1 Å². The molecule has 32 heavy (non-hydrogen) atoms. The summed E-state index contributed by atoms with van der Waals surface area (Å²) in [4.78, 5) is 25.9. The SMILES string of the molecule is COC(=O)c1cccc(OCCOc2ccc(-c3c(C#N)c(N)[nH]c(=O)c3C#N)cc2)c1. The molecule has 9 heteroatoms. The quantitative estimate of drug-likeness (QED) is 0.429. The number of hydrogen-bond donors (Lipinski definition) is 2. The van der Waals surface area contributed by atoms with E-state index in [4.69, 9.17) is 15.2 Å². The lowest BCUT2D eigenvalue weighted by molar-refractivity contribution is 0.0600. The standard InChI is InChI=1S/C23H18N4O5/c1-30-23(29)15-3-2-4-17(11-15)32-10-9-31-16-7-5-14(6-8-16)20-18(12-24)21(26)27-22(28)19(20)13-25/h2-8,11H,9-10H2,1H3,(H3,26,27,28). The summed E-state index contributed by atoms with van der Waals surface area (Å²) >= 11 is 0. The normalized spacial score (nSPS) is 9.97. The number of pyridine rings is 1. The number of esters is 1. The maximum Gasteiger partial charge on any atom is 0.337 e. The second kappa shape index (κ2) is 9.83. The number of methoxy groups -OCH3 is 1. The van der Waals surface area contributed by atoms with Crippen molar-refractivity contribution in [2.45, 2.75) is 0 Å². The number of nitrogens with zero attached hydrogens (tertiary/aromatic N) is 2. The first-order chi connectivity index (χ1) is 15.5. The Morgan fingerprint density at radius 2 is 1.66 bits per heavy atom. The third-order valence-electron chi connectivity index (χ3n) is 4.49. The van der Waals surface area contributed by atoms with Crippen LogP contribution in [0.5, 0.6) is 11.5 Å². The summed E-state index contributed by atoms with van der Waals surface area (Å²) in [7, 11) is 1.31. The van der Waals surface area contributed by atoms with Gasteiger partial charge in [0.05, 0.1) is 12.7 Å². The van der Waals surface area contributed by atoms with Gasteiger partial charge >= 0.3 is 5.97 Å². The topological polar surface area (TPSA) is 151 Å². The Morgan fingerprint density at radius 1 is 1.00 bits per heavy atom. The van der Waals surface area contributed by atoms with Crippen molar-refractivity contribution in [1.82, 2.24) is 4.98 Å². The molecule has 9 nitrogen and oxygen atoms in total. The van der Waals surface area contributed by atoms with Crippen molar-refractivity contribution in [3.63, 3.8) is 0 Å². The van der Waals surface area contributed by atoms with Crippen molar-refractivity contribution >= 4 is 11.8 Å². The lowest BCUT2D eigenvalue weighted by atomic mass is 9.97. The predicted octanol–water partition coefficient (Wildman–Crippen LogP) is 2.61. The summed E-state index contributed by atoms with van der Waals surface area (Å²) in [5.41, 5.74) is 5.96. The molecule has 0 spiro atoms. The number of carbonyl (C=O) groups excluding carboxylic acids is 1. The number of aromatic amines is 1. The van der Waals surface area contributed by atoms with Gasteiger partial charge in [-0.25, -0.2) is 4.79 Å². The first kappa shape index (κ1) is 21.9. The van der Waals surface area contributed by atoms with Crippen molar-refractivity contribution in [2.75, 3.05) is 26.1 Å². The highest BCUT2D eigenvalue weighted by atomic mass is 16.5. The van der Waals surface area contributed by atoms with E-state index < -0.39 is 11.5 Å². The first-order valence-corrected chi connectivity index (χ1v) is 9.38. The Bertz CT molecular complexity index is 1280. The molecule has 0 amide bonds. The predicted molar refractivity (Wildman–Crippen MR) is 115 cm³/mol. The molecule has 0 aliphatic heterocycles. The van der Waals surface area contributed by atoms with Crippen LogP contribution in [0, 0.1) is 22.7 Å². The van der Waals surface area contributed by atoms with Gasteiger partial charge in [-0.15, -0.1) is 0 Å². The van der Waals surface area contributed by atoms with E-state index in [9.17, 15) is 20.1 Å². The van der Waals surface area contributed by atoms with Crippen LogP contribution in [0.1, 0.15) is 21.5 Å². The fourth-order valence-corrected chi connectivity index (χ4v) is 3.00. The van der Waals surface area contributed by atoms with Crippen molar-refractivity contribution in [2.24, 2.45) is 0 Å². The highest BCUT2D eigenvalue weighted by molar-refractivity contribution is 5.89. The zero-order valence-corrected chi connectivity index (χ0v) is 17.0. The number of carbonyl (C=O) groups is 1. The summed E-state index contributed by atoms with van der Waals surface area (Å²) < 4.78 is 15.9. The van der Waals surface area contributed by atoms with E-state index in [2.05, 4.69) is 9.72 Å². The van der Waals surface area contributed by atoms with Crippen LogP contribution in [0.3, 0.4) is 0 Å². The first-order valence-electron chi connectivity index (χ1n) is 9.38. The van der Waals surface area contributed by atoms with Crippen molar-refractivity contribution < 1.29 is 19.0 Å². The molecule has 0 bridgehead atoms. The number of rotatable bonds is 7. The molecule has 0 aliphatic rings. The number of nitrogen functional groups attached to an aromatic ring is 1. The Kier molecular flexibility index (Phi) is 6.74. The summed E-state index contributed by atoms with van der Waals surface area (Å²) in [6, 6.07) is 16.9. The highest BCUT2D eigenvalue weighted by Gasteiger charge is 2.18. The van der Waals surface area contributed by atoms with Gasteiger partial charge in [-0.2, -0.15) is 10.5 Å². The third-order valence-corrected chi connectivity index (χ3v) is 4.49. The van der Waals surface area contributed by atoms with Gasteiger partial charge in [0.15, 0.2) is 0 Å². The second-order valence-electron chi connectivity index (χ2n) is 6.46. The molecule has 160 valence electrons. The number of nitriles is 2. The fraction of sp³-hybridized carbons (Fsp3) is 0.130. The minimum atomic E-state index is -0.659. The summed E-state index contributed by atoms with van der Waals surface area (Å²) in [5.74, 6) is 0.482. The number of nitrogens with one attached hydrogen (secondary N) is 1. The molecule has 0 fully saturated rings. The largest absolute Gasteiger partial charge is 0.490 e. The number of H-pyrrole nitrogens is 1. The van der Waals surface area contributed by atoms with Crippen LogP contribution in [-0.2, 0) is 4.74 Å². The molecule has 0 unspecified atom stereocenters. The minimum Gasteiger partial charge on any atom is -0.490 e. The molecule has 3 rings (SSSR count). The maximum atomic E-state index is 12.0. The average Bonchev–Trinajstić information content (AvgIpc) is 2.81. The van der Waals surface area contributed by atoms with E-state index in [0.717, 1.165) is 0 Å². The lowest BCUT2D eigenvalue weighted by Crippen LogP contribution is -2.16. The number of benzene rings is 2. The molecular formula is C23H18N4O5. The molecule has 1 heterocycles. The van der Waals surface area contributed by atoms with Crippen molar-refractivity contribution in [3.8, 4) is 34.8 Å². The van der Waals surface area contributed by atoms with E-state index in [0.29, 0.717) is 22.6 Å². The van der Waals surface area contributed by atoms with Crippen LogP contribution in [0.4, 0.5) is 5.82 Å². The number of ether oxygens (including phenoxy) is 3.